The Morgan fingerprint density at radius 1 is 1.00 bits per heavy atom. The maximum Gasteiger partial charge on any atom is 0.111 e. The number of allylic oxidation sites excluding steroid dienone is 6. The molecule has 0 atom stereocenters. The van der Waals surface area contributed by atoms with E-state index in [4.69, 9.17) is 4.98 Å². The van der Waals surface area contributed by atoms with E-state index in [0.29, 0.717) is 0 Å². The Morgan fingerprint density at radius 3 is 2.57 bits per heavy atom. The van der Waals surface area contributed by atoms with Gasteiger partial charge >= 0.3 is 0 Å². The number of hydrogen-bond acceptors (Lipinski definition) is 1. The molecule has 0 bridgehead atoms. The molecule has 0 spiro atoms. The zero-order valence-corrected chi connectivity index (χ0v) is 16.3. The predicted octanol–water partition coefficient (Wildman–Crippen LogP) is 6.32. The summed E-state index contributed by atoms with van der Waals surface area (Å²) in [5.74, 6) is 0. The van der Waals surface area contributed by atoms with E-state index in [2.05, 4.69) is 86.2 Å². The van der Waals surface area contributed by atoms with Crippen LogP contribution in [0.2, 0.25) is 0 Å². The third-order valence-electron chi connectivity index (χ3n) is 5.83. The summed E-state index contributed by atoms with van der Waals surface area (Å²) in [4.78, 5) is 5.15. The predicted molar refractivity (Wildman–Crippen MR) is 118 cm³/mol. The summed E-state index contributed by atoms with van der Waals surface area (Å²) >= 11 is 0. The summed E-state index contributed by atoms with van der Waals surface area (Å²) in [6.07, 6.45) is 11.4. The highest BCUT2D eigenvalue weighted by Crippen LogP contribution is 2.36. The summed E-state index contributed by atoms with van der Waals surface area (Å²) < 4.78 is 2.26. The van der Waals surface area contributed by atoms with Crippen molar-refractivity contribution < 1.29 is 0 Å². The molecular weight excluding hydrogens is 340 g/mol. The van der Waals surface area contributed by atoms with Gasteiger partial charge in [0, 0.05) is 41.2 Å². The minimum Gasteiger partial charge on any atom is -0.348 e. The Hall–Kier alpha value is -3.48. The van der Waals surface area contributed by atoms with E-state index >= 15 is 0 Å². The molecule has 0 fully saturated rings. The van der Waals surface area contributed by atoms with Crippen LogP contribution in [0.25, 0.3) is 38.6 Å². The average Bonchev–Trinajstić information content (AvgIpc) is 2.98. The van der Waals surface area contributed by atoms with E-state index in [9.17, 15) is 0 Å². The lowest BCUT2D eigenvalue weighted by Crippen LogP contribution is -1.94. The summed E-state index contributed by atoms with van der Waals surface area (Å²) in [6.45, 7) is 4.37. The smallest absolute Gasteiger partial charge is 0.111 e. The first kappa shape index (κ1) is 16.7. The number of rotatable bonds is 2. The number of pyridine rings is 1. The molecule has 2 nitrogen and oxygen atoms in total. The lowest BCUT2D eigenvalue weighted by atomic mass is 9.94. The van der Waals surface area contributed by atoms with Crippen LogP contribution in [-0.2, 0) is 7.05 Å². The molecule has 2 heterocycles. The standard InChI is InChI=1S/C26H21N2/c1-17-18(2)28(3)24-15-14-21-22(19-10-6-4-7-11-19)16-23(27-26(21)25(17)24)20-12-8-5-9-13-20/h4-6,8-16H,1-3H3/q+1. The molecular formula is C26H21N2+. The first-order valence-corrected chi connectivity index (χ1v) is 9.56. The fourth-order valence-corrected chi connectivity index (χ4v) is 4.10. The third kappa shape index (κ3) is 2.43. The number of fused-ring (bicyclic) bond motifs is 3. The van der Waals surface area contributed by atoms with Gasteiger partial charge in [0.25, 0.3) is 0 Å². The lowest BCUT2D eigenvalue weighted by Gasteiger charge is -2.10. The van der Waals surface area contributed by atoms with Crippen LogP contribution in [0.3, 0.4) is 0 Å². The van der Waals surface area contributed by atoms with Crippen LogP contribution in [0.1, 0.15) is 16.8 Å². The van der Waals surface area contributed by atoms with E-state index in [1.165, 1.54) is 33.1 Å². The molecule has 0 saturated carbocycles. The van der Waals surface area contributed by atoms with Gasteiger partial charge in [-0.1, -0.05) is 30.3 Å². The van der Waals surface area contributed by atoms with Crippen LogP contribution >= 0.6 is 0 Å². The van der Waals surface area contributed by atoms with Crippen molar-refractivity contribution in [2.24, 2.45) is 7.05 Å². The molecule has 0 unspecified atom stereocenters. The van der Waals surface area contributed by atoms with Gasteiger partial charge in [-0.3, -0.25) is 0 Å². The van der Waals surface area contributed by atoms with Crippen LogP contribution in [0.5, 0.6) is 0 Å². The highest BCUT2D eigenvalue weighted by atomic mass is 14.9. The Bertz CT molecular complexity index is 1320. The lowest BCUT2D eigenvalue weighted by molar-refractivity contribution is 0.910. The minimum absolute atomic E-state index is 1.00. The van der Waals surface area contributed by atoms with Crippen molar-refractivity contribution in [3.05, 3.63) is 95.7 Å². The molecule has 0 saturated heterocycles. The second-order valence-corrected chi connectivity index (χ2v) is 7.34. The van der Waals surface area contributed by atoms with Gasteiger partial charge in [-0.25, -0.2) is 4.98 Å². The molecule has 28 heavy (non-hydrogen) atoms. The van der Waals surface area contributed by atoms with E-state index in [-0.39, 0.29) is 0 Å². The van der Waals surface area contributed by atoms with Crippen LogP contribution in [-0.4, -0.2) is 9.55 Å². The molecule has 1 aliphatic carbocycles. The highest BCUT2D eigenvalue weighted by Gasteiger charge is 2.19. The Kier molecular flexibility index (Phi) is 3.75. The van der Waals surface area contributed by atoms with Crippen LogP contribution in [0.15, 0.2) is 72.8 Å². The molecule has 0 amide bonds. The van der Waals surface area contributed by atoms with E-state index in [1.54, 1.807) is 0 Å². The van der Waals surface area contributed by atoms with Gasteiger partial charge in [0.05, 0.1) is 33.9 Å². The van der Waals surface area contributed by atoms with Gasteiger partial charge in [0.1, 0.15) is 12.2 Å². The van der Waals surface area contributed by atoms with Crippen molar-refractivity contribution in [2.75, 3.05) is 0 Å². The number of nitrogens with zero attached hydrogens (tertiary/aromatic N) is 2. The molecule has 2 aromatic heterocycles. The zero-order valence-electron chi connectivity index (χ0n) is 16.3. The maximum absolute atomic E-state index is 5.15. The van der Waals surface area contributed by atoms with Gasteiger partial charge in [-0.05, 0) is 37.6 Å². The summed E-state index contributed by atoms with van der Waals surface area (Å²) in [6, 6.07) is 17.1. The Balaban J connectivity index is 1.94. The van der Waals surface area contributed by atoms with Crippen molar-refractivity contribution >= 4 is 27.4 Å². The fourth-order valence-electron chi connectivity index (χ4n) is 4.10. The molecule has 5 rings (SSSR count). The SMILES string of the molecule is Cc1c(C)n(C)c2ccc3c(C4=CC=C[C+]=C4)cc(-c4ccccc4)nc3c12. The van der Waals surface area contributed by atoms with Gasteiger partial charge in [-0.15, -0.1) is 0 Å². The molecule has 0 N–H and O–H groups in total. The van der Waals surface area contributed by atoms with Gasteiger partial charge in [-0.2, -0.15) is 0 Å². The average molecular weight is 361 g/mol. The third-order valence-corrected chi connectivity index (χ3v) is 5.83. The second-order valence-electron chi connectivity index (χ2n) is 7.34. The quantitative estimate of drug-likeness (QED) is 0.382. The molecule has 1 aliphatic rings. The fraction of sp³-hybridized carbons (Fsp3) is 0.115. The van der Waals surface area contributed by atoms with Gasteiger partial charge < -0.3 is 4.57 Å². The first-order valence-electron chi connectivity index (χ1n) is 9.56. The topological polar surface area (TPSA) is 17.8 Å². The summed E-state index contributed by atoms with van der Waals surface area (Å²) in [5, 5.41) is 2.43. The zero-order chi connectivity index (χ0) is 19.3. The van der Waals surface area contributed by atoms with Gasteiger partial charge in [0.2, 0.25) is 0 Å². The highest BCUT2D eigenvalue weighted by molar-refractivity contribution is 6.11. The van der Waals surface area contributed by atoms with Crippen molar-refractivity contribution in [3.8, 4) is 11.3 Å². The normalized spacial score (nSPS) is 13.2. The van der Waals surface area contributed by atoms with Crippen molar-refractivity contribution in [1.82, 2.24) is 9.55 Å². The minimum atomic E-state index is 1.00. The number of hydrogen-bond donors (Lipinski definition) is 0. The molecule has 0 radical (unpaired) electrons. The first-order chi connectivity index (χ1) is 13.6. The van der Waals surface area contributed by atoms with E-state index < -0.39 is 0 Å². The van der Waals surface area contributed by atoms with E-state index in [0.717, 1.165) is 22.3 Å². The summed E-state index contributed by atoms with van der Waals surface area (Å²) in [7, 11) is 2.13. The Labute approximate surface area is 165 Å². The number of benzene rings is 2. The maximum atomic E-state index is 5.15. The van der Waals surface area contributed by atoms with Crippen molar-refractivity contribution in [2.45, 2.75) is 13.8 Å². The monoisotopic (exact) mass is 361 g/mol. The molecule has 2 aromatic carbocycles. The molecule has 2 heteroatoms. The van der Waals surface area contributed by atoms with Gasteiger partial charge in [0.15, 0.2) is 0 Å². The Morgan fingerprint density at radius 2 is 1.82 bits per heavy atom. The van der Waals surface area contributed by atoms with E-state index in [1.807, 2.05) is 18.2 Å². The van der Waals surface area contributed by atoms with Crippen molar-refractivity contribution in [3.63, 3.8) is 0 Å². The van der Waals surface area contributed by atoms with Crippen LogP contribution < -0.4 is 0 Å². The van der Waals surface area contributed by atoms with Crippen LogP contribution in [0.4, 0.5) is 0 Å². The van der Waals surface area contributed by atoms with Crippen molar-refractivity contribution in [1.29, 1.82) is 0 Å². The summed E-state index contributed by atoms with van der Waals surface area (Å²) in [5.41, 5.74) is 9.37. The number of aromatic nitrogens is 2. The molecule has 0 aliphatic heterocycles. The molecule has 134 valence electrons. The second kappa shape index (κ2) is 6.30. The van der Waals surface area contributed by atoms with Crippen LogP contribution in [0, 0.1) is 19.9 Å². The molecule has 4 aromatic rings. The number of aryl methyl sites for hydroxylation is 2. The largest absolute Gasteiger partial charge is 0.348 e.